The van der Waals surface area contributed by atoms with E-state index in [9.17, 15) is 4.79 Å². The molecule has 0 unspecified atom stereocenters. The molecule has 0 fully saturated rings. The first-order valence-corrected chi connectivity index (χ1v) is 9.27. The van der Waals surface area contributed by atoms with E-state index >= 15 is 0 Å². The molecule has 0 saturated carbocycles. The van der Waals surface area contributed by atoms with E-state index in [1.807, 2.05) is 60.8 Å². The molecule has 0 aliphatic carbocycles. The number of para-hydroxylation sites is 1. The zero-order valence-electron chi connectivity index (χ0n) is 14.3. The number of anilines is 1. The van der Waals surface area contributed by atoms with Crippen LogP contribution in [0.1, 0.15) is 22.8 Å². The third-order valence-electron chi connectivity index (χ3n) is 4.19. The highest BCUT2D eigenvalue weighted by molar-refractivity contribution is 7.22. The second kappa shape index (κ2) is 7.06. The summed E-state index contributed by atoms with van der Waals surface area (Å²) in [4.78, 5) is 21.4. The Morgan fingerprint density at radius 3 is 2.54 bits per heavy atom. The van der Waals surface area contributed by atoms with Crippen LogP contribution in [0.3, 0.4) is 0 Å². The van der Waals surface area contributed by atoms with Crippen molar-refractivity contribution in [2.45, 2.75) is 13.3 Å². The molecule has 5 heteroatoms. The van der Waals surface area contributed by atoms with Gasteiger partial charge in [-0.1, -0.05) is 48.6 Å². The minimum atomic E-state index is -0.162. The highest BCUT2D eigenvalue weighted by atomic mass is 32.1. The Hall–Kier alpha value is -3.05. The smallest absolute Gasteiger partial charge is 0.257 e. The van der Waals surface area contributed by atoms with Crippen LogP contribution in [0.4, 0.5) is 5.13 Å². The number of fused-ring (bicyclic) bond motifs is 1. The largest absolute Gasteiger partial charge is 0.298 e. The standard InChI is InChI=1S/C21H17N3OS/c1-2-14-7-12-17(22-13-14)15-8-10-16(11-9-15)20(25)24-21-23-18-5-3-4-6-19(18)26-21/h3-13H,2H2,1H3,(H,23,24,25). The molecule has 0 aliphatic heterocycles. The van der Waals surface area contributed by atoms with E-state index < -0.39 is 0 Å². The molecule has 0 aliphatic rings. The summed E-state index contributed by atoms with van der Waals surface area (Å²) in [7, 11) is 0. The number of carbonyl (C=O) groups excluding carboxylic acids is 1. The Kier molecular flexibility index (Phi) is 4.46. The molecule has 2 aromatic heterocycles. The first kappa shape index (κ1) is 16.4. The number of carbonyl (C=O) groups is 1. The lowest BCUT2D eigenvalue weighted by molar-refractivity contribution is 0.102. The number of amides is 1. The summed E-state index contributed by atoms with van der Waals surface area (Å²) in [5.74, 6) is -0.162. The molecule has 0 saturated heterocycles. The summed E-state index contributed by atoms with van der Waals surface area (Å²) in [6.45, 7) is 2.11. The number of rotatable bonds is 4. The van der Waals surface area contributed by atoms with Gasteiger partial charge in [-0.15, -0.1) is 0 Å². The SMILES string of the molecule is CCc1ccc(-c2ccc(C(=O)Nc3nc4ccccc4s3)cc2)nc1. The molecule has 1 amide bonds. The second-order valence-electron chi connectivity index (χ2n) is 5.92. The van der Waals surface area contributed by atoms with Crippen molar-refractivity contribution >= 4 is 32.6 Å². The maximum atomic E-state index is 12.5. The number of benzene rings is 2. The quantitative estimate of drug-likeness (QED) is 0.547. The molecule has 26 heavy (non-hydrogen) atoms. The Morgan fingerprint density at radius 2 is 1.85 bits per heavy atom. The van der Waals surface area contributed by atoms with Crippen LogP contribution in [0.5, 0.6) is 0 Å². The second-order valence-corrected chi connectivity index (χ2v) is 6.95. The van der Waals surface area contributed by atoms with E-state index in [2.05, 4.69) is 28.3 Å². The zero-order valence-corrected chi connectivity index (χ0v) is 15.1. The zero-order chi connectivity index (χ0) is 17.9. The van der Waals surface area contributed by atoms with Gasteiger partial charge in [0.2, 0.25) is 0 Å². The van der Waals surface area contributed by atoms with Crippen molar-refractivity contribution in [2.24, 2.45) is 0 Å². The topological polar surface area (TPSA) is 54.9 Å². The monoisotopic (exact) mass is 359 g/mol. The summed E-state index contributed by atoms with van der Waals surface area (Å²) in [6.07, 6.45) is 2.86. The summed E-state index contributed by atoms with van der Waals surface area (Å²) in [5, 5.41) is 3.48. The van der Waals surface area contributed by atoms with Gasteiger partial charge in [0.1, 0.15) is 0 Å². The van der Waals surface area contributed by atoms with Crippen molar-refractivity contribution in [3.63, 3.8) is 0 Å². The highest BCUT2D eigenvalue weighted by Crippen LogP contribution is 2.26. The van der Waals surface area contributed by atoms with Crippen LogP contribution in [-0.4, -0.2) is 15.9 Å². The van der Waals surface area contributed by atoms with Gasteiger partial charge in [0.05, 0.1) is 15.9 Å². The van der Waals surface area contributed by atoms with E-state index in [-0.39, 0.29) is 5.91 Å². The molecule has 4 rings (SSSR count). The van der Waals surface area contributed by atoms with E-state index in [4.69, 9.17) is 0 Å². The number of aromatic nitrogens is 2. The predicted molar refractivity (Wildman–Crippen MR) is 107 cm³/mol. The van der Waals surface area contributed by atoms with Crippen LogP contribution in [-0.2, 0) is 6.42 Å². The minimum absolute atomic E-state index is 0.162. The van der Waals surface area contributed by atoms with Gasteiger partial charge in [0.15, 0.2) is 5.13 Å². The number of nitrogens with one attached hydrogen (secondary N) is 1. The lowest BCUT2D eigenvalue weighted by atomic mass is 10.1. The molecule has 0 atom stereocenters. The molecule has 0 spiro atoms. The average Bonchev–Trinajstić information content (AvgIpc) is 3.10. The maximum absolute atomic E-state index is 12.5. The van der Waals surface area contributed by atoms with E-state index in [1.54, 1.807) is 0 Å². The van der Waals surface area contributed by atoms with Crippen LogP contribution < -0.4 is 5.32 Å². The highest BCUT2D eigenvalue weighted by Gasteiger charge is 2.10. The summed E-state index contributed by atoms with van der Waals surface area (Å²) < 4.78 is 1.06. The van der Waals surface area contributed by atoms with Crippen molar-refractivity contribution < 1.29 is 4.79 Å². The van der Waals surface area contributed by atoms with Gasteiger partial charge in [-0.05, 0) is 42.3 Å². The van der Waals surface area contributed by atoms with Gasteiger partial charge in [-0.2, -0.15) is 0 Å². The van der Waals surface area contributed by atoms with Gasteiger partial charge in [0, 0.05) is 17.3 Å². The lowest BCUT2D eigenvalue weighted by Gasteiger charge is -2.05. The number of hydrogen-bond donors (Lipinski definition) is 1. The molecular weight excluding hydrogens is 342 g/mol. The third-order valence-corrected chi connectivity index (χ3v) is 5.14. The third kappa shape index (κ3) is 3.34. The molecule has 2 heterocycles. The van der Waals surface area contributed by atoms with E-state index in [0.717, 1.165) is 27.9 Å². The Bertz CT molecular complexity index is 1020. The summed E-state index contributed by atoms with van der Waals surface area (Å²) in [5.41, 5.74) is 4.59. The van der Waals surface area contributed by atoms with Crippen LogP contribution in [0, 0.1) is 0 Å². The van der Waals surface area contributed by atoms with Crippen molar-refractivity contribution in [1.29, 1.82) is 0 Å². The molecule has 4 aromatic rings. The van der Waals surface area contributed by atoms with Gasteiger partial charge < -0.3 is 0 Å². The Morgan fingerprint density at radius 1 is 1.04 bits per heavy atom. The van der Waals surface area contributed by atoms with E-state index in [0.29, 0.717) is 10.7 Å². The fraction of sp³-hybridized carbons (Fsp3) is 0.0952. The fourth-order valence-corrected chi connectivity index (χ4v) is 3.55. The van der Waals surface area contributed by atoms with Crippen LogP contribution in [0.25, 0.3) is 21.5 Å². The van der Waals surface area contributed by atoms with Gasteiger partial charge in [0.25, 0.3) is 5.91 Å². The maximum Gasteiger partial charge on any atom is 0.257 e. The predicted octanol–water partition coefficient (Wildman–Crippen LogP) is 5.17. The summed E-state index contributed by atoms with van der Waals surface area (Å²) in [6, 6.07) is 19.4. The number of thiazole rings is 1. The van der Waals surface area contributed by atoms with Crippen molar-refractivity contribution in [3.8, 4) is 11.3 Å². The molecule has 4 nitrogen and oxygen atoms in total. The van der Waals surface area contributed by atoms with Gasteiger partial charge in [-0.25, -0.2) is 4.98 Å². The van der Waals surface area contributed by atoms with Crippen molar-refractivity contribution in [3.05, 3.63) is 78.0 Å². The first-order valence-electron chi connectivity index (χ1n) is 8.45. The van der Waals surface area contributed by atoms with Crippen LogP contribution in [0.2, 0.25) is 0 Å². The minimum Gasteiger partial charge on any atom is -0.298 e. The number of aryl methyl sites for hydroxylation is 1. The summed E-state index contributed by atoms with van der Waals surface area (Å²) >= 11 is 1.47. The lowest BCUT2D eigenvalue weighted by Crippen LogP contribution is -2.11. The van der Waals surface area contributed by atoms with Gasteiger partial charge in [-0.3, -0.25) is 15.1 Å². The van der Waals surface area contributed by atoms with Crippen molar-refractivity contribution in [1.82, 2.24) is 9.97 Å². The Balaban J connectivity index is 1.51. The molecule has 2 aromatic carbocycles. The van der Waals surface area contributed by atoms with Crippen molar-refractivity contribution in [2.75, 3.05) is 5.32 Å². The van der Waals surface area contributed by atoms with Gasteiger partial charge >= 0.3 is 0 Å². The average molecular weight is 359 g/mol. The normalized spacial score (nSPS) is 10.8. The molecule has 1 N–H and O–H groups in total. The molecular formula is C21H17N3OS. The van der Waals surface area contributed by atoms with Crippen LogP contribution in [0.15, 0.2) is 66.9 Å². The number of pyridine rings is 1. The van der Waals surface area contributed by atoms with Crippen LogP contribution >= 0.6 is 11.3 Å². The first-order chi connectivity index (χ1) is 12.7. The number of hydrogen-bond acceptors (Lipinski definition) is 4. The molecule has 0 radical (unpaired) electrons. The molecule has 128 valence electrons. The van der Waals surface area contributed by atoms with E-state index in [1.165, 1.54) is 16.9 Å². The fourth-order valence-electron chi connectivity index (χ4n) is 2.69. The Labute approximate surface area is 155 Å². The molecule has 0 bridgehead atoms. The number of nitrogens with zero attached hydrogens (tertiary/aromatic N) is 2.